The molecule has 2 aromatic rings. The zero-order chi connectivity index (χ0) is 25.5. The minimum absolute atomic E-state index is 0.0665. The first-order valence-corrected chi connectivity index (χ1v) is 12.6. The zero-order valence-electron chi connectivity index (χ0n) is 20.0. The summed E-state index contributed by atoms with van der Waals surface area (Å²) in [6.45, 7) is 2.89. The van der Waals surface area contributed by atoms with Crippen LogP contribution in [0.25, 0.3) is 0 Å². The van der Waals surface area contributed by atoms with Crippen molar-refractivity contribution in [1.82, 2.24) is 5.48 Å². The van der Waals surface area contributed by atoms with Crippen LogP contribution in [0.5, 0.6) is 0 Å². The van der Waals surface area contributed by atoms with E-state index in [-0.39, 0.29) is 25.2 Å². The molecule has 0 aliphatic carbocycles. The lowest BCUT2D eigenvalue weighted by Crippen LogP contribution is -2.66. The van der Waals surface area contributed by atoms with Crippen LogP contribution in [0.4, 0.5) is 0 Å². The minimum Gasteiger partial charge on any atom is -0.458 e. The number of ether oxygens (including phenoxy) is 4. The summed E-state index contributed by atoms with van der Waals surface area (Å²) in [5.74, 6) is -1.23. The van der Waals surface area contributed by atoms with E-state index in [1.807, 2.05) is 60.7 Å². The van der Waals surface area contributed by atoms with E-state index in [0.717, 1.165) is 10.5 Å². The van der Waals surface area contributed by atoms with Gasteiger partial charge in [-0.05, 0) is 19.1 Å². The van der Waals surface area contributed by atoms with E-state index in [0.29, 0.717) is 0 Å². The van der Waals surface area contributed by atoms with Crippen LogP contribution in [-0.4, -0.2) is 54.1 Å². The molecule has 36 heavy (non-hydrogen) atoms. The quantitative estimate of drug-likeness (QED) is 0.394. The third kappa shape index (κ3) is 6.92. The molecule has 0 saturated carbocycles. The number of hydrogen-bond acceptors (Lipinski definition) is 10. The minimum atomic E-state index is -0.890. The molecule has 6 atom stereocenters. The van der Waals surface area contributed by atoms with Gasteiger partial charge in [-0.2, -0.15) is 0 Å². The molecule has 0 radical (unpaired) electrons. The predicted molar refractivity (Wildman–Crippen MR) is 129 cm³/mol. The van der Waals surface area contributed by atoms with Gasteiger partial charge in [0.25, 0.3) is 0 Å². The molecule has 0 bridgehead atoms. The maximum atomic E-state index is 12.7. The van der Waals surface area contributed by atoms with Crippen LogP contribution in [-0.2, 0) is 38.2 Å². The number of hydroxylamine groups is 1. The highest BCUT2D eigenvalue weighted by Crippen LogP contribution is 2.40. The Morgan fingerprint density at radius 1 is 0.972 bits per heavy atom. The van der Waals surface area contributed by atoms with Gasteiger partial charge < -0.3 is 28.6 Å². The van der Waals surface area contributed by atoms with Crippen molar-refractivity contribution in [3.63, 3.8) is 0 Å². The third-order valence-corrected chi connectivity index (χ3v) is 6.87. The molecule has 0 aromatic heterocycles. The molecule has 2 aliphatic rings. The number of Topliss-reactive ketones (excluding diaryl/α,β-unsaturated/α-hetero) is 1. The van der Waals surface area contributed by atoms with Crippen LogP contribution in [0.1, 0.15) is 38.5 Å². The van der Waals surface area contributed by atoms with E-state index in [1.54, 1.807) is 0 Å². The molecule has 1 N–H and O–H groups in total. The molecule has 2 aromatic carbocycles. The second kappa shape index (κ2) is 12.5. The Bertz CT molecular complexity index is 1040. The smallest absolute Gasteiger partial charge is 0.321 e. The van der Waals surface area contributed by atoms with E-state index in [1.165, 1.54) is 25.6 Å². The van der Waals surface area contributed by atoms with Crippen molar-refractivity contribution in [2.75, 3.05) is 6.61 Å². The van der Waals surface area contributed by atoms with E-state index in [4.69, 9.17) is 23.8 Å². The number of esters is 1. The van der Waals surface area contributed by atoms with Crippen molar-refractivity contribution in [2.45, 2.75) is 67.7 Å². The highest BCUT2D eigenvalue weighted by atomic mass is 32.2. The Balaban J connectivity index is 1.62. The number of benzene rings is 2. The SMILES string of the molecule is CC(=O)CCC(=O)O[C@@H]1[C@H](NOC(C)=O)[C@H](Sc2ccccc2)O[C@@H]2CO[C@@H](c3ccccc3)O[C@H]12. The van der Waals surface area contributed by atoms with Crippen molar-refractivity contribution >= 4 is 29.5 Å². The fraction of sp³-hybridized carbons (Fsp3) is 0.423. The lowest BCUT2D eigenvalue weighted by atomic mass is 9.97. The molecule has 2 heterocycles. The summed E-state index contributed by atoms with van der Waals surface area (Å²) < 4.78 is 24.5. The maximum absolute atomic E-state index is 12.7. The molecule has 2 saturated heterocycles. The molecular formula is C26H29NO8S. The maximum Gasteiger partial charge on any atom is 0.321 e. The van der Waals surface area contributed by atoms with Gasteiger partial charge in [-0.15, -0.1) is 5.48 Å². The summed E-state index contributed by atoms with van der Waals surface area (Å²) in [6, 6.07) is 18.2. The van der Waals surface area contributed by atoms with Gasteiger partial charge in [0, 0.05) is 23.8 Å². The van der Waals surface area contributed by atoms with Crippen molar-refractivity contribution in [3.05, 3.63) is 66.2 Å². The Hall–Kier alpha value is -2.76. The lowest BCUT2D eigenvalue weighted by molar-refractivity contribution is -0.312. The summed E-state index contributed by atoms with van der Waals surface area (Å²) in [5.41, 5.74) is 2.94. The number of nitrogens with one attached hydrogen (secondary N) is 1. The number of ketones is 1. The number of carbonyl (C=O) groups excluding carboxylic acids is 3. The number of rotatable bonds is 9. The summed E-state index contributed by atoms with van der Waals surface area (Å²) >= 11 is 1.39. The largest absolute Gasteiger partial charge is 0.458 e. The lowest BCUT2D eigenvalue weighted by Gasteiger charge is -2.48. The summed E-state index contributed by atoms with van der Waals surface area (Å²) in [7, 11) is 0. The van der Waals surface area contributed by atoms with Crippen LogP contribution >= 0.6 is 11.8 Å². The van der Waals surface area contributed by atoms with Crippen molar-refractivity contribution in [2.24, 2.45) is 0 Å². The standard InChI is InChI=1S/C26H29NO8S/c1-16(28)13-14-21(30)33-24-22(27-35-17(2)29)26(36-19-11-7-4-8-12-19)32-20-15-31-25(34-23(20)24)18-9-5-3-6-10-18/h3-12,20,22-27H,13-15H2,1-2H3/t20-,22+,23+,24-,25-,26+/m1/s1. The van der Waals surface area contributed by atoms with Gasteiger partial charge in [-0.25, -0.2) is 0 Å². The second-order valence-electron chi connectivity index (χ2n) is 8.54. The Morgan fingerprint density at radius 3 is 2.33 bits per heavy atom. The van der Waals surface area contributed by atoms with Crippen molar-refractivity contribution in [3.8, 4) is 0 Å². The van der Waals surface area contributed by atoms with Crippen LogP contribution < -0.4 is 5.48 Å². The molecule has 192 valence electrons. The molecular weight excluding hydrogens is 486 g/mol. The molecule has 0 unspecified atom stereocenters. The highest BCUT2D eigenvalue weighted by molar-refractivity contribution is 7.99. The fourth-order valence-corrected chi connectivity index (χ4v) is 5.13. The van der Waals surface area contributed by atoms with Crippen molar-refractivity contribution < 1.29 is 38.2 Å². The molecule has 2 fully saturated rings. The second-order valence-corrected chi connectivity index (χ2v) is 9.72. The first kappa shape index (κ1) is 26.3. The van der Waals surface area contributed by atoms with Crippen LogP contribution in [0.2, 0.25) is 0 Å². The number of hydrogen-bond donors (Lipinski definition) is 1. The van der Waals surface area contributed by atoms with Gasteiger partial charge in [0.2, 0.25) is 0 Å². The average molecular weight is 516 g/mol. The Morgan fingerprint density at radius 2 is 1.67 bits per heavy atom. The molecule has 10 heteroatoms. The molecule has 2 aliphatic heterocycles. The van der Waals surface area contributed by atoms with Gasteiger partial charge in [-0.1, -0.05) is 60.3 Å². The van der Waals surface area contributed by atoms with Gasteiger partial charge in [0.15, 0.2) is 12.4 Å². The molecule has 9 nitrogen and oxygen atoms in total. The number of thioether (sulfide) groups is 1. The van der Waals surface area contributed by atoms with Crippen LogP contribution in [0, 0.1) is 0 Å². The average Bonchev–Trinajstić information content (AvgIpc) is 2.88. The number of carbonyl (C=O) groups is 3. The fourth-order valence-electron chi connectivity index (χ4n) is 3.99. The van der Waals surface area contributed by atoms with Crippen LogP contribution in [0.3, 0.4) is 0 Å². The van der Waals surface area contributed by atoms with Gasteiger partial charge >= 0.3 is 11.9 Å². The first-order valence-electron chi connectivity index (χ1n) is 11.7. The van der Waals surface area contributed by atoms with Gasteiger partial charge in [-0.3, -0.25) is 9.59 Å². The first-order chi connectivity index (χ1) is 17.4. The Kier molecular flexibility index (Phi) is 9.11. The van der Waals surface area contributed by atoms with E-state index in [9.17, 15) is 14.4 Å². The zero-order valence-corrected chi connectivity index (χ0v) is 20.8. The Labute approximate surface area is 213 Å². The predicted octanol–water partition coefficient (Wildman–Crippen LogP) is 3.34. The third-order valence-electron chi connectivity index (χ3n) is 5.69. The summed E-state index contributed by atoms with van der Waals surface area (Å²) in [5, 5.41) is 0. The van der Waals surface area contributed by atoms with E-state index < -0.39 is 48.0 Å². The van der Waals surface area contributed by atoms with Crippen molar-refractivity contribution in [1.29, 1.82) is 0 Å². The highest BCUT2D eigenvalue weighted by Gasteiger charge is 2.52. The monoisotopic (exact) mass is 515 g/mol. The normalized spacial score (nSPS) is 27.5. The summed E-state index contributed by atoms with van der Waals surface area (Å²) in [6.07, 6.45) is -2.85. The number of fused-ring (bicyclic) bond motifs is 1. The summed E-state index contributed by atoms with van der Waals surface area (Å²) in [4.78, 5) is 41.9. The molecule has 0 amide bonds. The van der Waals surface area contributed by atoms with Gasteiger partial charge in [0.05, 0.1) is 13.0 Å². The molecule has 4 rings (SSSR count). The van der Waals surface area contributed by atoms with E-state index in [2.05, 4.69) is 5.48 Å². The van der Waals surface area contributed by atoms with E-state index >= 15 is 0 Å². The molecule has 0 spiro atoms. The topological polar surface area (TPSA) is 109 Å². The van der Waals surface area contributed by atoms with Gasteiger partial charge in [0.1, 0.15) is 29.5 Å². The van der Waals surface area contributed by atoms with Crippen LogP contribution in [0.15, 0.2) is 65.6 Å².